The molecule has 2 N–H and O–H groups in total. The summed E-state index contributed by atoms with van der Waals surface area (Å²) in [5, 5.41) is 5.78. The maximum atomic E-state index is 12.5. The van der Waals surface area contributed by atoms with Crippen molar-refractivity contribution >= 4 is 33.4 Å². The van der Waals surface area contributed by atoms with Crippen molar-refractivity contribution in [2.45, 2.75) is 32.7 Å². The number of halogens is 1. The monoisotopic (exact) mass is 494 g/mol. The number of hydrogen-bond donors (Lipinski definition) is 2. The Hall–Kier alpha value is -3.12. The summed E-state index contributed by atoms with van der Waals surface area (Å²) in [4.78, 5) is 24.8. The van der Waals surface area contributed by atoms with Crippen LogP contribution in [0, 0.1) is 0 Å². The van der Waals surface area contributed by atoms with Crippen molar-refractivity contribution < 1.29 is 14.3 Å². The van der Waals surface area contributed by atoms with E-state index in [9.17, 15) is 9.59 Å². The van der Waals surface area contributed by atoms with Gasteiger partial charge in [0.25, 0.3) is 11.8 Å². The van der Waals surface area contributed by atoms with E-state index in [0.717, 1.165) is 15.6 Å². The Bertz CT molecular complexity index is 1070. The van der Waals surface area contributed by atoms with E-state index in [1.807, 2.05) is 55.5 Å². The van der Waals surface area contributed by atoms with Crippen LogP contribution < -0.4 is 15.4 Å². The average molecular weight is 495 g/mol. The molecule has 1 unspecified atom stereocenters. The van der Waals surface area contributed by atoms with Gasteiger partial charge in [-0.05, 0) is 66.4 Å². The lowest BCUT2D eigenvalue weighted by Gasteiger charge is -2.15. The van der Waals surface area contributed by atoms with Gasteiger partial charge < -0.3 is 15.4 Å². The molecule has 2 amide bonds. The molecule has 0 saturated heterocycles. The molecule has 3 aromatic rings. The normalized spacial score (nSPS) is 11.7. The summed E-state index contributed by atoms with van der Waals surface area (Å²) >= 11 is 3.47. The molecule has 3 aromatic carbocycles. The van der Waals surface area contributed by atoms with E-state index in [0.29, 0.717) is 17.0 Å². The molecule has 0 bridgehead atoms. The first-order valence-electron chi connectivity index (χ1n) is 10.5. The van der Waals surface area contributed by atoms with E-state index < -0.39 is 0 Å². The van der Waals surface area contributed by atoms with Gasteiger partial charge in [0.1, 0.15) is 5.75 Å². The van der Waals surface area contributed by atoms with Crippen molar-refractivity contribution in [3.05, 3.63) is 94.0 Å². The van der Waals surface area contributed by atoms with Gasteiger partial charge in [-0.25, -0.2) is 0 Å². The fraction of sp³-hybridized carbons (Fsp3) is 0.231. The van der Waals surface area contributed by atoms with E-state index in [4.69, 9.17) is 4.74 Å². The van der Waals surface area contributed by atoms with Crippen molar-refractivity contribution in [2.75, 3.05) is 11.9 Å². The largest absolute Gasteiger partial charge is 0.483 e. The Morgan fingerprint density at radius 2 is 1.62 bits per heavy atom. The third kappa shape index (κ3) is 6.44. The topological polar surface area (TPSA) is 67.4 Å². The molecule has 6 heteroatoms. The number of rotatable bonds is 8. The predicted molar refractivity (Wildman–Crippen MR) is 131 cm³/mol. The Morgan fingerprint density at radius 1 is 0.938 bits per heavy atom. The highest BCUT2D eigenvalue weighted by atomic mass is 79.9. The Morgan fingerprint density at radius 3 is 2.28 bits per heavy atom. The van der Waals surface area contributed by atoms with Crippen LogP contribution in [0.3, 0.4) is 0 Å². The highest BCUT2D eigenvalue weighted by molar-refractivity contribution is 9.10. The molecule has 0 heterocycles. The minimum absolute atomic E-state index is 0.0990. The summed E-state index contributed by atoms with van der Waals surface area (Å²) in [6, 6.07) is 22.2. The predicted octanol–water partition coefficient (Wildman–Crippen LogP) is 6.08. The highest BCUT2D eigenvalue weighted by Gasteiger charge is 2.13. The van der Waals surface area contributed by atoms with E-state index in [1.54, 1.807) is 24.3 Å². The van der Waals surface area contributed by atoms with Crippen LogP contribution in [0.15, 0.2) is 77.3 Å². The van der Waals surface area contributed by atoms with Crippen LogP contribution in [0.2, 0.25) is 0 Å². The van der Waals surface area contributed by atoms with Crippen LogP contribution in [-0.2, 0) is 4.79 Å². The molecule has 3 rings (SSSR count). The molecule has 0 saturated carbocycles. The maximum Gasteiger partial charge on any atom is 0.262 e. The molecule has 0 spiro atoms. The summed E-state index contributed by atoms with van der Waals surface area (Å²) in [6.45, 7) is 6.00. The average Bonchev–Trinajstić information content (AvgIpc) is 2.79. The van der Waals surface area contributed by atoms with Gasteiger partial charge >= 0.3 is 0 Å². The molecule has 5 nitrogen and oxygen atoms in total. The fourth-order valence-electron chi connectivity index (χ4n) is 3.25. The lowest BCUT2D eigenvalue weighted by molar-refractivity contribution is -0.118. The van der Waals surface area contributed by atoms with Gasteiger partial charge in [0, 0.05) is 15.7 Å². The quantitative estimate of drug-likeness (QED) is 0.398. The van der Waals surface area contributed by atoms with Gasteiger partial charge in [0.2, 0.25) is 0 Å². The minimum atomic E-state index is -0.266. The zero-order valence-electron chi connectivity index (χ0n) is 18.4. The molecule has 0 radical (unpaired) electrons. The molecular formula is C26H27BrN2O3. The molecular weight excluding hydrogens is 468 g/mol. The number of amides is 2. The third-order valence-corrected chi connectivity index (χ3v) is 5.52. The number of carbonyl (C=O) groups is 2. The van der Waals surface area contributed by atoms with E-state index in [-0.39, 0.29) is 30.4 Å². The SMILES string of the molecule is CC(C)c1cc(Br)ccc1OCC(=O)Nc1ccc(C(=O)NC(C)c2ccccc2)cc1. The van der Waals surface area contributed by atoms with Crippen LogP contribution in [0.5, 0.6) is 5.75 Å². The second kappa shape index (κ2) is 11.0. The zero-order chi connectivity index (χ0) is 23.1. The van der Waals surface area contributed by atoms with Crippen molar-refractivity contribution in [3.63, 3.8) is 0 Å². The maximum absolute atomic E-state index is 12.5. The molecule has 0 fully saturated rings. The fourth-order valence-corrected chi connectivity index (χ4v) is 3.63. The van der Waals surface area contributed by atoms with Gasteiger partial charge in [-0.2, -0.15) is 0 Å². The molecule has 0 aromatic heterocycles. The third-order valence-electron chi connectivity index (χ3n) is 5.03. The van der Waals surface area contributed by atoms with Gasteiger partial charge in [0.05, 0.1) is 6.04 Å². The van der Waals surface area contributed by atoms with Crippen molar-refractivity contribution in [2.24, 2.45) is 0 Å². The first-order chi connectivity index (χ1) is 15.3. The van der Waals surface area contributed by atoms with Crippen molar-refractivity contribution in [1.29, 1.82) is 0 Å². The number of nitrogens with one attached hydrogen (secondary N) is 2. The van der Waals surface area contributed by atoms with Crippen LogP contribution in [0.4, 0.5) is 5.69 Å². The number of hydrogen-bond acceptors (Lipinski definition) is 3. The van der Waals surface area contributed by atoms with E-state index in [1.165, 1.54) is 0 Å². The number of carbonyl (C=O) groups excluding carboxylic acids is 2. The zero-order valence-corrected chi connectivity index (χ0v) is 20.0. The molecule has 166 valence electrons. The van der Waals surface area contributed by atoms with Gasteiger partial charge in [-0.3, -0.25) is 9.59 Å². The second-order valence-corrected chi connectivity index (χ2v) is 8.77. The highest BCUT2D eigenvalue weighted by Crippen LogP contribution is 2.29. The number of ether oxygens (including phenoxy) is 1. The van der Waals surface area contributed by atoms with Crippen molar-refractivity contribution in [1.82, 2.24) is 5.32 Å². The van der Waals surface area contributed by atoms with Crippen LogP contribution in [0.25, 0.3) is 0 Å². The first kappa shape index (κ1) is 23.5. The smallest absolute Gasteiger partial charge is 0.262 e. The van der Waals surface area contributed by atoms with Gasteiger partial charge in [0.15, 0.2) is 6.61 Å². The Balaban J connectivity index is 1.54. The summed E-state index contributed by atoms with van der Waals surface area (Å²) in [7, 11) is 0. The minimum Gasteiger partial charge on any atom is -0.483 e. The van der Waals surface area contributed by atoms with E-state index >= 15 is 0 Å². The van der Waals surface area contributed by atoms with Crippen LogP contribution in [0.1, 0.15) is 54.2 Å². The molecule has 32 heavy (non-hydrogen) atoms. The van der Waals surface area contributed by atoms with Gasteiger partial charge in [-0.1, -0.05) is 60.1 Å². The second-order valence-electron chi connectivity index (χ2n) is 7.86. The molecule has 0 aliphatic rings. The lowest BCUT2D eigenvalue weighted by atomic mass is 10.0. The Labute approximate surface area is 197 Å². The van der Waals surface area contributed by atoms with Crippen molar-refractivity contribution in [3.8, 4) is 5.75 Å². The van der Waals surface area contributed by atoms with E-state index in [2.05, 4.69) is 40.4 Å². The molecule has 0 aliphatic carbocycles. The van der Waals surface area contributed by atoms with Crippen LogP contribution in [-0.4, -0.2) is 18.4 Å². The summed E-state index contributed by atoms with van der Waals surface area (Å²) in [5.41, 5.74) is 3.20. The standard InChI is InChI=1S/C26H27BrN2O3/c1-17(2)23-15-21(27)11-14-24(23)32-16-25(30)29-22-12-9-20(10-13-22)26(31)28-18(3)19-7-5-4-6-8-19/h4-15,17-18H,16H2,1-3H3,(H,28,31)(H,29,30). The summed E-state index contributed by atoms with van der Waals surface area (Å²) in [6.07, 6.45) is 0. The Kier molecular flexibility index (Phi) is 8.06. The van der Waals surface area contributed by atoms with Crippen LogP contribution >= 0.6 is 15.9 Å². The lowest BCUT2D eigenvalue weighted by Crippen LogP contribution is -2.26. The number of anilines is 1. The number of benzene rings is 3. The molecule has 1 atom stereocenters. The molecule has 0 aliphatic heterocycles. The summed E-state index contributed by atoms with van der Waals surface area (Å²) < 4.78 is 6.71. The first-order valence-corrected chi connectivity index (χ1v) is 11.3. The summed E-state index contributed by atoms with van der Waals surface area (Å²) in [5.74, 6) is 0.531. The van der Waals surface area contributed by atoms with Gasteiger partial charge in [-0.15, -0.1) is 0 Å².